The molecule has 1 aromatic heterocycles. The van der Waals surface area contributed by atoms with Crippen molar-refractivity contribution in [1.82, 2.24) is 15.2 Å². The highest BCUT2D eigenvalue weighted by atomic mass is 32.1. The van der Waals surface area contributed by atoms with Crippen molar-refractivity contribution in [3.8, 4) is 26.8 Å². The van der Waals surface area contributed by atoms with Crippen LogP contribution in [0.2, 0.25) is 0 Å². The number of nitrogens with one attached hydrogen (secondary N) is 2. The number of anilines is 1. The zero-order chi connectivity index (χ0) is 25.9. The van der Waals surface area contributed by atoms with Crippen LogP contribution < -0.4 is 15.4 Å². The second kappa shape index (κ2) is 11.1. The Labute approximate surface area is 223 Å². The van der Waals surface area contributed by atoms with E-state index in [1.54, 1.807) is 18.4 Å². The lowest BCUT2D eigenvalue weighted by molar-refractivity contribution is 0.0430. The molecule has 37 heavy (non-hydrogen) atoms. The summed E-state index contributed by atoms with van der Waals surface area (Å²) in [5.74, 6) is 0.842. The molecule has 2 aliphatic rings. The summed E-state index contributed by atoms with van der Waals surface area (Å²) in [6, 6.07) is 12.6. The molecule has 1 aliphatic carbocycles. The molecule has 2 atom stereocenters. The summed E-state index contributed by atoms with van der Waals surface area (Å²) < 4.78 is 11.4. The van der Waals surface area contributed by atoms with Crippen LogP contribution in [-0.2, 0) is 11.2 Å². The van der Waals surface area contributed by atoms with Crippen molar-refractivity contribution in [3.05, 3.63) is 53.7 Å². The quantitative estimate of drug-likeness (QED) is 0.393. The van der Waals surface area contributed by atoms with Gasteiger partial charge in [-0.1, -0.05) is 18.2 Å². The Kier molecular flexibility index (Phi) is 7.67. The van der Waals surface area contributed by atoms with Gasteiger partial charge in [-0.25, -0.2) is 9.78 Å². The lowest BCUT2D eigenvalue weighted by Gasteiger charge is -2.32. The number of hydrogen-bond acceptors (Lipinski definition) is 6. The molecule has 2 heterocycles. The van der Waals surface area contributed by atoms with E-state index >= 15 is 0 Å². The summed E-state index contributed by atoms with van der Waals surface area (Å²) >= 11 is 1.70. The van der Waals surface area contributed by atoms with Crippen LogP contribution in [0, 0.1) is 0 Å². The van der Waals surface area contributed by atoms with Gasteiger partial charge in [0.05, 0.1) is 28.8 Å². The highest BCUT2D eigenvalue weighted by Crippen LogP contribution is 2.41. The number of ether oxygens (including phenoxy) is 2. The molecule has 2 aromatic carbocycles. The van der Waals surface area contributed by atoms with Crippen molar-refractivity contribution in [2.24, 2.45) is 0 Å². The Hall–Kier alpha value is -3.10. The van der Waals surface area contributed by atoms with E-state index in [0.717, 1.165) is 59.1 Å². The van der Waals surface area contributed by atoms with Gasteiger partial charge in [-0.15, -0.1) is 11.3 Å². The topological polar surface area (TPSA) is 75.7 Å². The van der Waals surface area contributed by atoms with Gasteiger partial charge in [0.25, 0.3) is 0 Å². The molecule has 3 aromatic rings. The molecule has 0 spiro atoms. The van der Waals surface area contributed by atoms with Crippen molar-refractivity contribution >= 4 is 23.1 Å². The molecule has 0 radical (unpaired) electrons. The Morgan fingerprint density at radius 3 is 2.86 bits per heavy atom. The van der Waals surface area contributed by atoms with Crippen LogP contribution in [0.4, 0.5) is 10.5 Å². The first-order valence-electron chi connectivity index (χ1n) is 13.1. The SMILES string of the molecule is CNc1cc(-c2ncc(-c3cccc4c3CC[C@@H]4NC(=O)N3CCC[C@@H](OC)C3)s2)ccc1OC(C)C. The van der Waals surface area contributed by atoms with E-state index in [2.05, 4.69) is 41.0 Å². The summed E-state index contributed by atoms with van der Waals surface area (Å²) in [5, 5.41) is 7.50. The standard InChI is InChI=1S/C29H36N4O3S/c1-18(2)36-26-13-10-19(15-25(26)30-3)28-31-16-27(37-28)23-9-5-8-22-21(23)11-12-24(22)32-29(34)33-14-6-7-20(17-33)35-4/h5,8-10,13,15-16,18,20,24,30H,6-7,11-12,14,17H2,1-4H3,(H,32,34)/t20-,24+/m1/s1. The van der Waals surface area contributed by atoms with Gasteiger partial charge in [-0.3, -0.25) is 0 Å². The number of benzene rings is 2. The van der Waals surface area contributed by atoms with E-state index in [0.29, 0.717) is 6.54 Å². The van der Waals surface area contributed by atoms with Gasteiger partial charge >= 0.3 is 6.03 Å². The maximum absolute atomic E-state index is 13.0. The molecule has 5 rings (SSSR count). The molecular formula is C29H36N4O3S. The minimum absolute atomic E-state index is 0.00955. The van der Waals surface area contributed by atoms with Crippen LogP contribution >= 0.6 is 11.3 Å². The molecule has 1 saturated heterocycles. The fourth-order valence-corrected chi connectivity index (χ4v) is 6.30. The zero-order valence-corrected chi connectivity index (χ0v) is 22.9. The lowest BCUT2D eigenvalue weighted by Crippen LogP contribution is -2.48. The number of hydrogen-bond donors (Lipinski definition) is 2. The van der Waals surface area contributed by atoms with Gasteiger partial charge in [-0.05, 0) is 74.4 Å². The van der Waals surface area contributed by atoms with Gasteiger partial charge in [0.2, 0.25) is 0 Å². The van der Waals surface area contributed by atoms with Crippen molar-refractivity contribution in [3.63, 3.8) is 0 Å². The molecule has 196 valence electrons. The molecule has 0 bridgehead atoms. The molecule has 2 amide bonds. The van der Waals surface area contributed by atoms with Crippen LogP contribution in [0.5, 0.6) is 5.75 Å². The molecule has 8 heteroatoms. The average molecular weight is 521 g/mol. The molecule has 0 saturated carbocycles. The van der Waals surface area contributed by atoms with E-state index in [1.807, 2.05) is 38.1 Å². The fourth-order valence-electron chi connectivity index (χ4n) is 5.34. The summed E-state index contributed by atoms with van der Waals surface area (Å²) in [6.07, 6.45) is 6.06. The predicted molar refractivity (Wildman–Crippen MR) is 149 cm³/mol. The smallest absolute Gasteiger partial charge is 0.317 e. The van der Waals surface area contributed by atoms with Crippen LogP contribution in [-0.4, -0.2) is 55.4 Å². The number of rotatable bonds is 7. The number of carbonyl (C=O) groups is 1. The average Bonchev–Trinajstić information content (AvgIpc) is 3.56. The Balaban J connectivity index is 1.34. The number of nitrogens with zero attached hydrogens (tertiary/aromatic N) is 2. The number of urea groups is 1. The van der Waals surface area contributed by atoms with Crippen molar-refractivity contribution in [2.75, 3.05) is 32.6 Å². The van der Waals surface area contributed by atoms with Gasteiger partial charge in [0.1, 0.15) is 10.8 Å². The van der Waals surface area contributed by atoms with Crippen LogP contribution in [0.3, 0.4) is 0 Å². The van der Waals surface area contributed by atoms with Crippen molar-refractivity contribution < 1.29 is 14.3 Å². The Bertz CT molecular complexity index is 1260. The Morgan fingerprint density at radius 1 is 1.22 bits per heavy atom. The van der Waals surface area contributed by atoms with E-state index in [4.69, 9.17) is 14.5 Å². The van der Waals surface area contributed by atoms with Gasteiger partial charge < -0.3 is 25.0 Å². The minimum Gasteiger partial charge on any atom is -0.489 e. The monoisotopic (exact) mass is 520 g/mol. The number of fused-ring (bicyclic) bond motifs is 1. The summed E-state index contributed by atoms with van der Waals surface area (Å²) in [6.45, 7) is 5.50. The largest absolute Gasteiger partial charge is 0.489 e. The molecule has 0 unspecified atom stereocenters. The van der Waals surface area contributed by atoms with E-state index < -0.39 is 0 Å². The molecule has 1 fully saturated rings. The molecular weight excluding hydrogens is 484 g/mol. The molecule has 7 nitrogen and oxygen atoms in total. The third kappa shape index (κ3) is 5.45. The van der Waals surface area contributed by atoms with Crippen molar-refractivity contribution in [1.29, 1.82) is 0 Å². The number of methoxy groups -OCH3 is 1. The fraction of sp³-hybridized carbons (Fsp3) is 0.448. The molecule has 1 aliphatic heterocycles. The number of piperidine rings is 1. The second-order valence-corrected chi connectivity index (χ2v) is 11.0. The first-order valence-corrected chi connectivity index (χ1v) is 13.9. The normalized spacial score (nSPS) is 19.1. The van der Waals surface area contributed by atoms with E-state index in [-0.39, 0.29) is 24.3 Å². The highest BCUT2D eigenvalue weighted by molar-refractivity contribution is 7.18. The predicted octanol–water partition coefficient (Wildman–Crippen LogP) is 6.11. The van der Waals surface area contributed by atoms with Gasteiger partial charge in [0.15, 0.2) is 0 Å². The van der Waals surface area contributed by atoms with E-state index in [1.165, 1.54) is 16.7 Å². The number of likely N-dealkylation sites (tertiary alicyclic amines) is 1. The van der Waals surface area contributed by atoms with Gasteiger partial charge in [-0.2, -0.15) is 0 Å². The summed E-state index contributed by atoms with van der Waals surface area (Å²) in [5.41, 5.74) is 5.75. The van der Waals surface area contributed by atoms with Crippen molar-refractivity contribution in [2.45, 2.75) is 57.8 Å². The molecule has 2 N–H and O–H groups in total. The first kappa shape index (κ1) is 25.5. The lowest BCUT2D eigenvalue weighted by atomic mass is 10.0. The maximum atomic E-state index is 13.0. The van der Waals surface area contributed by atoms with Crippen LogP contribution in [0.15, 0.2) is 42.6 Å². The zero-order valence-electron chi connectivity index (χ0n) is 22.0. The number of amides is 2. The number of thiazole rings is 1. The van der Waals surface area contributed by atoms with E-state index in [9.17, 15) is 4.79 Å². The van der Waals surface area contributed by atoms with Crippen LogP contribution in [0.25, 0.3) is 21.0 Å². The number of aromatic nitrogens is 1. The third-order valence-electron chi connectivity index (χ3n) is 7.20. The Morgan fingerprint density at radius 2 is 2.08 bits per heavy atom. The maximum Gasteiger partial charge on any atom is 0.317 e. The first-order chi connectivity index (χ1) is 18.0. The highest BCUT2D eigenvalue weighted by Gasteiger charge is 2.30. The number of carbonyl (C=O) groups excluding carboxylic acids is 1. The van der Waals surface area contributed by atoms with Gasteiger partial charge in [0, 0.05) is 39.0 Å². The third-order valence-corrected chi connectivity index (χ3v) is 8.28. The minimum atomic E-state index is 0.00955. The summed E-state index contributed by atoms with van der Waals surface area (Å²) in [4.78, 5) is 20.8. The van der Waals surface area contributed by atoms with Crippen LogP contribution in [0.1, 0.15) is 50.3 Å². The second-order valence-electron chi connectivity index (χ2n) is 10.0. The summed E-state index contributed by atoms with van der Waals surface area (Å²) in [7, 11) is 3.63.